The van der Waals surface area contributed by atoms with Crippen molar-refractivity contribution >= 4 is 27.3 Å². The van der Waals surface area contributed by atoms with Gasteiger partial charge in [-0.15, -0.1) is 0 Å². The molecule has 0 radical (unpaired) electrons. The molecule has 0 bridgehead atoms. The van der Waals surface area contributed by atoms with Crippen molar-refractivity contribution in [2.24, 2.45) is 5.73 Å². The number of carbonyl (C=O) groups excluding carboxylic acids is 1. The molecule has 0 aliphatic carbocycles. The molecule has 1 rings (SSSR count). The topological polar surface area (TPSA) is 101 Å². The van der Waals surface area contributed by atoms with E-state index < -0.39 is 10.0 Å². The maximum atomic E-state index is 11.6. The summed E-state index contributed by atoms with van der Waals surface area (Å²) in [5.41, 5.74) is 7.27. The van der Waals surface area contributed by atoms with Gasteiger partial charge in [-0.25, -0.2) is 8.42 Å². The number of amides is 1. The molecule has 1 aromatic rings. The van der Waals surface area contributed by atoms with E-state index in [0.29, 0.717) is 24.3 Å². The van der Waals surface area contributed by atoms with E-state index in [-0.39, 0.29) is 5.91 Å². The van der Waals surface area contributed by atoms with E-state index in [1.54, 1.807) is 25.1 Å². The highest BCUT2D eigenvalue weighted by molar-refractivity contribution is 7.92. The van der Waals surface area contributed by atoms with Gasteiger partial charge < -0.3 is 11.1 Å². The van der Waals surface area contributed by atoms with Gasteiger partial charge >= 0.3 is 0 Å². The van der Waals surface area contributed by atoms with Crippen LogP contribution in [0, 0.1) is 6.92 Å². The molecule has 0 atom stereocenters. The Balaban J connectivity index is 2.65. The van der Waals surface area contributed by atoms with E-state index in [9.17, 15) is 13.2 Å². The molecular formula is C13H21N3O3S. The van der Waals surface area contributed by atoms with Crippen molar-refractivity contribution in [3.63, 3.8) is 0 Å². The molecular weight excluding hydrogens is 278 g/mol. The van der Waals surface area contributed by atoms with Crippen molar-refractivity contribution in [1.29, 1.82) is 0 Å². The molecule has 0 aliphatic heterocycles. The number of carbonyl (C=O) groups is 1. The summed E-state index contributed by atoms with van der Waals surface area (Å²) in [4.78, 5) is 11.6. The number of rotatable bonds is 7. The lowest BCUT2D eigenvalue weighted by Crippen LogP contribution is -2.13. The van der Waals surface area contributed by atoms with Crippen LogP contribution in [0.2, 0.25) is 0 Å². The average Bonchev–Trinajstić information content (AvgIpc) is 2.31. The van der Waals surface area contributed by atoms with Crippen molar-refractivity contribution in [1.82, 2.24) is 0 Å². The number of hydrogen-bond donors (Lipinski definition) is 3. The van der Waals surface area contributed by atoms with Crippen LogP contribution in [-0.2, 0) is 14.8 Å². The molecule has 7 heteroatoms. The molecule has 1 amide bonds. The van der Waals surface area contributed by atoms with Crippen molar-refractivity contribution in [3.8, 4) is 0 Å². The Morgan fingerprint density at radius 3 is 2.55 bits per heavy atom. The Bertz CT molecular complexity index is 570. The van der Waals surface area contributed by atoms with E-state index in [1.807, 2.05) is 0 Å². The molecule has 1 aromatic carbocycles. The number of unbranched alkanes of at least 4 members (excludes halogenated alkanes) is 1. The third-order valence-corrected chi connectivity index (χ3v) is 3.25. The minimum absolute atomic E-state index is 0.0679. The van der Waals surface area contributed by atoms with Gasteiger partial charge in [-0.3, -0.25) is 9.52 Å². The molecule has 6 nitrogen and oxygen atoms in total. The minimum Gasteiger partial charge on any atom is -0.330 e. The van der Waals surface area contributed by atoms with E-state index >= 15 is 0 Å². The second kappa shape index (κ2) is 7.25. The van der Waals surface area contributed by atoms with Crippen molar-refractivity contribution < 1.29 is 13.2 Å². The number of benzene rings is 1. The largest absolute Gasteiger partial charge is 0.330 e. The first-order valence-electron chi connectivity index (χ1n) is 6.40. The molecule has 0 aromatic heterocycles. The van der Waals surface area contributed by atoms with E-state index in [0.717, 1.165) is 24.7 Å². The molecule has 0 saturated heterocycles. The van der Waals surface area contributed by atoms with Gasteiger partial charge in [-0.2, -0.15) is 0 Å². The zero-order valence-electron chi connectivity index (χ0n) is 11.8. The van der Waals surface area contributed by atoms with Crippen LogP contribution in [0.15, 0.2) is 18.2 Å². The summed E-state index contributed by atoms with van der Waals surface area (Å²) in [6.45, 7) is 2.36. The Labute approximate surface area is 119 Å². The van der Waals surface area contributed by atoms with Gasteiger partial charge in [0.05, 0.1) is 11.9 Å². The third kappa shape index (κ3) is 6.03. The molecule has 0 unspecified atom stereocenters. The monoisotopic (exact) mass is 299 g/mol. The highest BCUT2D eigenvalue weighted by Crippen LogP contribution is 2.20. The fourth-order valence-corrected chi connectivity index (χ4v) is 2.34. The van der Waals surface area contributed by atoms with Crippen molar-refractivity contribution in [2.75, 3.05) is 22.8 Å². The molecule has 0 fully saturated rings. The molecule has 0 heterocycles. The van der Waals surface area contributed by atoms with Crippen LogP contribution in [0.1, 0.15) is 24.8 Å². The first kappa shape index (κ1) is 16.5. The van der Waals surface area contributed by atoms with Crippen LogP contribution in [0.5, 0.6) is 0 Å². The Hall–Kier alpha value is -1.60. The molecule has 20 heavy (non-hydrogen) atoms. The summed E-state index contributed by atoms with van der Waals surface area (Å²) in [6, 6.07) is 5.03. The summed E-state index contributed by atoms with van der Waals surface area (Å²) < 4.78 is 24.8. The van der Waals surface area contributed by atoms with Gasteiger partial charge in [0.15, 0.2) is 0 Å². The average molecular weight is 299 g/mol. The summed E-state index contributed by atoms with van der Waals surface area (Å²) in [7, 11) is -3.30. The Morgan fingerprint density at radius 2 is 2.00 bits per heavy atom. The number of aryl methyl sites for hydroxylation is 1. The van der Waals surface area contributed by atoms with Crippen LogP contribution in [-0.4, -0.2) is 27.1 Å². The van der Waals surface area contributed by atoms with Crippen molar-refractivity contribution in [2.45, 2.75) is 26.2 Å². The molecule has 0 saturated carbocycles. The smallest absolute Gasteiger partial charge is 0.229 e. The molecule has 4 N–H and O–H groups in total. The van der Waals surface area contributed by atoms with Crippen molar-refractivity contribution in [3.05, 3.63) is 23.8 Å². The second-order valence-corrected chi connectivity index (χ2v) is 6.45. The Morgan fingerprint density at radius 1 is 1.30 bits per heavy atom. The van der Waals surface area contributed by atoms with Gasteiger partial charge in [-0.05, 0) is 50.1 Å². The molecule has 0 aliphatic rings. The number of hydrogen-bond acceptors (Lipinski definition) is 4. The first-order chi connectivity index (χ1) is 9.31. The third-order valence-electron chi connectivity index (χ3n) is 2.66. The maximum absolute atomic E-state index is 11.6. The van der Waals surface area contributed by atoms with Crippen LogP contribution in [0.3, 0.4) is 0 Å². The summed E-state index contributed by atoms with van der Waals surface area (Å²) in [5.74, 6) is -0.0679. The molecule has 112 valence electrons. The number of nitrogens with two attached hydrogens (primary N) is 1. The van der Waals surface area contributed by atoms with Crippen LogP contribution >= 0.6 is 0 Å². The summed E-state index contributed by atoms with van der Waals surface area (Å²) in [6.07, 6.45) is 3.11. The number of nitrogens with one attached hydrogen (secondary N) is 2. The van der Waals surface area contributed by atoms with E-state index in [2.05, 4.69) is 10.0 Å². The maximum Gasteiger partial charge on any atom is 0.229 e. The Kier molecular flexibility index (Phi) is 5.97. The quantitative estimate of drug-likeness (QED) is 0.663. The number of anilines is 2. The van der Waals surface area contributed by atoms with Crippen LogP contribution in [0.25, 0.3) is 0 Å². The lowest BCUT2D eigenvalue weighted by Gasteiger charge is -2.10. The predicted octanol–water partition coefficient (Wildman–Crippen LogP) is 1.43. The zero-order valence-corrected chi connectivity index (χ0v) is 12.6. The summed E-state index contributed by atoms with van der Waals surface area (Å²) in [5, 5.41) is 2.77. The highest BCUT2D eigenvalue weighted by atomic mass is 32.2. The first-order valence-corrected chi connectivity index (χ1v) is 8.29. The SMILES string of the molecule is Cc1cc(NC(=O)CCCCN)ccc1NS(C)(=O)=O. The predicted molar refractivity (Wildman–Crippen MR) is 81.2 cm³/mol. The second-order valence-electron chi connectivity index (χ2n) is 4.70. The minimum atomic E-state index is -3.30. The fraction of sp³-hybridized carbons (Fsp3) is 0.462. The van der Waals surface area contributed by atoms with Gasteiger partial charge in [0.25, 0.3) is 0 Å². The molecule has 0 spiro atoms. The summed E-state index contributed by atoms with van der Waals surface area (Å²) >= 11 is 0. The standard InChI is InChI=1S/C13H21N3O3S/c1-10-9-11(15-13(17)5-3-4-8-14)6-7-12(10)16-20(2,18)19/h6-7,9,16H,3-5,8,14H2,1-2H3,(H,15,17). The van der Waals surface area contributed by atoms with Gasteiger partial charge in [0.1, 0.15) is 0 Å². The van der Waals surface area contributed by atoms with E-state index in [1.165, 1.54) is 0 Å². The zero-order chi connectivity index (χ0) is 15.2. The lowest BCUT2D eigenvalue weighted by atomic mass is 10.1. The van der Waals surface area contributed by atoms with Gasteiger partial charge in [-0.1, -0.05) is 0 Å². The van der Waals surface area contributed by atoms with Crippen LogP contribution < -0.4 is 15.8 Å². The van der Waals surface area contributed by atoms with Gasteiger partial charge in [0.2, 0.25) is 15.9 Å². The van der Waals surface area contributed by atoms with Crippen LogP contribution in [0.4, 0.5) is 11.4 Å². The van der Waals surface area contributed by atoms with E-state index in [4.69, 9.17) is 5.73 Å². The number of sulfonamides is 1. The highest BCUT2D eigenvalue weighted by Gasteiger charge is 2.07. The normalized spacial score (nSPS) is 11.2. The lowest BCUT2D eigenvalue weighted by molar-refractivity contribution is -0.116. The fourth-order valence-electron chi connectivity index (χ4n) is 1.71. The van der Waals surface area contributed by atoms with Gasteiger partial charge in [0, 0.05) is 12.1 Å².